The predicted octanol–water partition coefficient (Wildman–Crippen LogP) is 2.78. The fraction of sp³-hybridized carbons (Fsp3) is 0.211. The Labute approximate surface area is 166 Å². The fourth-order valence-corrected chi connectivity index (χ4v) is 2.39. The van der Waals surface area contributed by atoms with E-state index in [0.29, 0.717) is 11.4 Å². The fourth-order valence-electron chi connectivity index (χ4n) is 2.39. The Hall–Kier alpha value is -3.95. The quantitative estimate of drug-likeness (QED) is 0.369. The molecular weight excluding hydrogens is 380 g/mol. The normalized spacial score (nSPS) is 11.1. The minimum absolute atomic E-state index is 0.0463. The number of nitrogens with zero attached hydrogens (tertiary/aromatic N) is 1. The van der Waals surface area contributed by atoms with Gasteiger partial charge in [0.2, 0.25) is 5.91 Å². The molecule has 10 heteroatoms. The van der Waals surface area contributed by atoms with E-state index in [-0.39, 0.29) is 22.8 Å². The molecule has 3 N–H and O–H groups in total. The first kappa shape index (κ1) is 21.4. The molecule has 0 spiro atoms. The highest BCUT2D eigenvalue weighted by molar-refractivity contribution is 5.98. The van der Waals surface area contributed by atoms with Crippen LogP contribution in [0.5, 0.6) is 0 Å². The number of rotatable bonds is 7. The Morgan fingerprint density at radius 2 is 1.62 bits per heavy atom. The molecular formula is C19H20N4O6. The molecule has 0 saturated heterocycles. The van der Waals surface area contributed by atoms with Gasteiger partial charge in [-0.2, -0.15) is 0 Å². The van der Waals surface area contributed by atoms with Crippen LogP contribution in [0.25, 0.3) is 0 Å². The van der Waals surface area contributed by atoms with Gasteiger partial charge in [-0.25, -0.2) is 4.79 Å². The zero-order chi connectivity index (χ0) is 21.6. The molecule has 0 aliphatic heterocycles. The van der Waals surface area contributed by atoms with Crippen molar-refractivity contribution in [1.29, 1.82) is 0 Å². The lowest BCUT2D eigenvalue weighted by atomic mass is 10.1. The molecule has 0 saturated carbocycles. The molecule has 2 rings (SSSR count). The van der Waals surface area contributed by atoms with E-state index in [1.165, 1.54) is 33.0 Å². The van der Waals surface area contributed by atoms with Crippen LogP contribution in [-0.2, 0) is 14.3 Å². The van der Waals surface area contributed by atoms with Crippen LogP contribution in [0.2, 0.25) is 0 Å². The second-order valence-electron chi connectivity index (χ2n) is 6.03. The number of carbonyl (C=O) groups excluding carboxylic acids is 3. The minimum Gasteiger partial charge on any atom is -0.449 e. The molecule has 0 heterocycles. The molecule has 0 aromatic heterocycles. The highest BCUT2D eigenvalue weighted by atomic mass is 16.6. The zero-order valence-corrected chi connectivity index (χ0v) is 16.0. The van der Waals surface area contributed by atoms with Crippen molar-refractivity contribution in [3.8, 4) is 0 Å². The van der Waals surface area contributed by atoms with E-state index in [9.17, 15) is 24.5 Å². The first-order chi connectivity index (χ1) is 13.7. The first-order valence-corrected chi connectivity index (χ1v) is 8.57. The molecule has 152 valence electrons. The van der Waals surface area contributed by atoms with Gasteiger partial charge >= 0.3 is 5.97 Å². The maximum Gasteiger partial charge on any atom is 0.339 e. The summed E-state index contributed by atoms with van der Waals surface area (Å²) in [6, 6.07) is 10.2. The van der Waals surface area contributed by atoms with E-state index in [0.717, 1.165) is 6.07 Å². The number of esters is 1. The number of benzene rings is 2. The van der Waals surface area contributed by atoms with E-state index >= 15 is 0 Å². The third kappa shape index (κ3) is 5.76. The molecule has 0 aliphatic carbocycles. The standard InChI is InChI=1S/C19H20N4O6/c1-11(18(25)22-15-7-5-14(6-8-15)21-12(2)24)29-19(26)13-4-9-16(20-3)17(10-13)23(27)28/h4-11,20H,1-3H3,(H,21,24)(H,22,25)/t11-/m1/s1. The molecule has 0 aliphatic rings. The largest absolute Gasteiger partial charge is 0.449 e. The van der Waals surface area contributed by atoms with Crippen molar-refractivity contribution >= 4 is 40.5 Å². The average Bonchev–Trinajstić information content (AvgIpc) is 2.68. The second kappa shape index (κ2) is 9.31. The van der Waals surface area contributed by atoms with Crippen LogP contribution in [0.15, 0.2) is 42.5 Å². The van der Waals surface area contributed by atoms with E-state index in [2.05, 4.69) is 16.0 Å². The maximum absolute atomic E-state index is 12.2. The van der Waals surface area contributed by atoms with E-state index in [4.69, 9.17) is 4.74 Å². The summed E-state index contributed by atoms with van der Waals surface area (Å²) < 4.78 is 5.10. The second-order valence-corrected chi connectivity index (χ2v) is 6.03. The first-order valence-electron chi connectivity index (χ1n) is 8.57. The third-order valence-corrected chi connectivity index (χ3v) is 3.83. The van der Waals surface area contributed by atoms with Crippen molar-refractivity contribution in [1.82, 2.24) is 0 Å². The Morgan fingerprint density at radius 3 is 2.14 bits per heavy atom. The van der Waals surface area contributed by atoms with Crippen molar-refractivity contribution in [2.24, 2.45) is 0 Å². The summed E-state index contributed by atoms with van der Waals surface area (Å²) in [5.41, 5.74) is 0.941. The third-order valence-electron chi connectivity index (χ3n) is 3.83. The lowest BCUT2D eigenvalue weighted by molar-refractivity contribution is -0.384. The van der Waals surface area contributed by atoms with Crippen LogP contribution in [0, 0.1) is 10.1 Å². The number of ether oxygens (including phenoxy) is 1. The summed E-state index contributed by atoms with van der Waals surface area (Å²) in [6.07, 6.45) is -1.14. The molecule has 2 amide bonds. The van der Waals surface area contributed by atoms with Gasteiger partial charge in [0.25, 0.3) is 11.6 Å². The Bertz CT molecular complexity index is 942. The lowest BCUT2D eigenvalue weighted by Gasteiger charge is -2.14. The molecule has 0 unspecified atom stereocenters. The van der Waals surface area contributed by atoms with Gasteiger partial charge in [0.15, 0.2) is 6.10 Å². The van der Waals surface area contributed by atoms with E-state index < -0.39 is 22.9 Å². The van der Waals surface area contributed by atoms with Gasteiger partial charge in [0.1, 0.15) is 5.69 Å². The summed E-state index contributed by atoms with van der Waals surface area (Å²) in [6.45, 7) is 2.77. The molecule has 29 heavy (non-hydrogen) atoms. The van der Waals surface area contributed by atoms with Crippen LogP contribution in [0.1, 0.15) is 24.2 Å². The number of nitro groups is 1. The van der Waals surface area contributed by atoms with Crippen LogP contribution < -0.4 is 16.0 Å². The molecule has 10 nitrogen and oxygen atoms in total. The SMILES string of the molecule is CNc1ccc(C(=O)O[C@H](C)C(=O)Nc2ccc(NC(C)=O)cc2)cc1[N+](=O)[O-]. The van der Waals surface area contributed by atoms with Gasteiger partial charge in [0.05, 0.1) is 10.5 Å². The predicted molar refractivity (Wildman–Crippen MR) is 107 cm³/mol. The highest BCUT2D eigenvalue weighted by Gasteiger charge is 2.22. The Kier molecular flexibility index (Phi) is 6.85. The van der Waals surface area contributed by atoms with Gasteiger partial charge in [-0.3, -0.25) is 19.7 Å². The maximum atomic E-state index is 12.2. The number of nitrogens with one attached hydrogen (secondary N) is 3. The smallest absolute Gasteiger partial charge is 0.339 e. The Morgan fingerprint density at radius 1 is 1.03 bits per heavy atom. The minimum atomic E-state index is -1.14. The molecule has 2 aromatic carbocycles. The number of anilines is 3. The number of hydrogen-bond acceptors (Lipinski definition) is 7. The lowest BCUT2D eigenvalue weighted by Crippen LogP contribution is -2.30. The van der Waals surface area contributed by atoms with Gasteiger partial charge < -0.3 is 20.7 Å². The highest BCUT2D eigenvalue weighted by Crippen LogP contribution is 2.25. The van der Waals surface area contributed by atoms with E-state index in [1.807, 2.05) is 0 Å². The zero-order valence-electron chi connectivity index (χ0n) is 16.0. The summed E-state index contributed by atoms with van der Waals surface area (Å²) in [5.74, 6) is -1.66. The van der Waals surface area contributed by atoms with Gasteiger partial charge in [0, 0.05) is 31.4 Å². The summed E-state index contributed by atoms with van der Waals surface area (Å²) >= 11 is 0. The van der Waals surface area contributed by atoms with Crippen LogP contribution in [0.3, 0.4) is 0 Å². The van der Waals surface area contributed by atoms with E-state index in [1.54, 1.807) is 24.3 Å². The topological polar surface area (TPSA) is 140 Å². The summed E-state index contributed by atoms with van der Waals surface area (Å²) in [7, 11) is 1.52. The molecule has 1 atom stereocenters. The van der Waals surface area contributed by atoms with Gasteiger partial charge in [-0.1, -0.05) is 0 Å². The number of nitro benzene ring substituents is 1. The monoisotopic (exact) mass is 400 g/mol. The number of hydrogen-bond donors (Lipinski definition) is 3. The number of carbonyl (C=O) groups is 3. The van der Waals surface area contributed by atoms with Crippen molar-refractivity contribution in [3.05, 3.63) is 58.1 Å². The summed E-state index contributed by atoms with van der Waals surface area (Å²) in [5, 5.41) is 18.9. The molecule has 0 radical (unpaired) electrons. The van der Waals surface area contributed by atoms with Gasteiger partial charge in [-0.05, 0) is 43.3 Å². The van der Waals surface area contributed by atoms with Crippen molar-refractivity contribution in [2.75, 3.05) is 23.0 Å². The van der Waals surface area contributed by atoms with Crippen molar-refractivity contribution in [3.63, 3.8) is 0 Å². The molecule has 0 bridgehead atoms. The van der Waals surface area contributed by atoms with Crippen LogP contribution >= 0.6 is 0 Å². The van der Waals surface area contributed by atoms with Gasteiger partial charge in [-0.15, -0.1) is 0 Å². The molecule has 0 fully saturated rings. The Balaban J connectivity index is 2.02. The molecule has 2 aromatic rings. The van der Waals surface area contributed by atoms with Crippen LogP contribution in [-0.4, -0.2) is 35.9 Å². The van der Waals surface area contributed by atoms with Crippen molar-refractivity contribution in [2.45, 2.75) is 20.0 Å². The van der Waals surface area contributed by atoms with Crippen molar-refractivity contribution < 1.29 is 24.0 Å². The average molecular weight is 400 g/mol. The number of amides is 2. The van der Waals surface area contributed by atoms with Crippen LogP contribution in [0.4, 0.5) is 22.7 Å². The summed E-state index contributed by atoms with van der Waals surface area (Å²) in [4.78, 5) is 46.0.